The van der Waals surface area contributed by atoms with Crippen molar-refractivity contribution < 1.29 is 53.1 Å². The maximum Gasteiger partial charge on any atom is 0.303 e. The van der Waals surface area contributed by atoms with E-state index in [0.29, 0.717) is 17.2 Å². The number of rotatable bonds is 7. The van der Waals surface area contributed by atoms with Crippen LogP contribution in [0, 0.1) is 0 Å². The van der Waals surface area contributed by atoms with Crippen molar-refractivity contribution in [3.8, 4) is 0 Å². The molecule has 0 spiro atoms. The molecule has 3 rings (SSSR count). The molecule has 0 saturated carbocycles. The number of carbonyl (C=O) groups is 5. The fraction of sp³-hybridized carbons (Fsp3) is 0.435. The number of hydrogen-bond donors (Lipinski definition) is 0. The number of hydrogen-bond acceptors (Lipinski definition) is 10. The van der Waals surface area contributed by atoms with Gasteiger partial charge in [-0.1, -0.05) is 29.8 Å². The van der Waals surface area contributed by atoms with Crippen molar-refractivity contribution in [1.82, 2.24) is 4.57 Å². The lowest BCUT2D eigenvalue weighted by Gasteiger charge is -2.45. The molecule has 188 valence electrons. The van der Waals surface area contributed by atoms with Gasteiger partial charge in [0.1, 0.15) is 17.9 Å². The molecule has 0 aliphatic carbocycles. The van der Waals surface area contributed by atoms with Crippen molar-refractivity contribution >= 4 is 52.7 Å². The fourth-order valence-electron chi connectivity index (χ4n) is 3.89. The summed E-state index contributed by atoms with van der Waals surface area (Å²) in [7, 11) is 0. The van der Waals surface area contributed by atoms with Crippen LogP contribution in [0.4, 0.5) is 0 Å². The largest absolute Gasteiger partial charge is 0.463 e. The maximum atomic E-state index is 12.3. The van der Waals surface area contributed by atoms with Crippen LogP contribution in [0.3, 0.4) is 0 Å². The van der Waals surface area contributed by atoms with Gasteiger partial charge < -0.3 is 28.3 Å². The summed E-state index contributed by atoms with van der Waals surface area (Å²) >= 11 is 6.56. The minimum absolute atomic E-state index is 0.0566. The van der Waals surface area contributed by atoms with Crippen molar-refractivity contribution in [2.24, 2.45) is 0 Å². The molecule has 1 unspecified atom stereocenters. The first-order chi connectivity index (χ1) is 18.7. The Labute approximate surface area is 210 Å². The molecule has 5 atom stereocenters. The summed E-state index contributed by atoms with van der Waals surface area (Å²) in [5.41, 5.74) is 0.386. The summed E-state index contributed by atoms with van der Waals surface area (Å²) in [6.45, 7) is -3.96. The number of carbonyl (C=O) groups excluding carboxylic acids is 5. The second-order valence-electron chi connectivity index (χ2n) is 7.32. The quantitative estimate of drug-likeness (QED) is 0.308. The number of esters is 4. The van der Waals surface area contributed by atoms with Crippen LogP contribution in [0.1, 0.15) is 49.7 Å². The third kappa shape index (κ3) is 5.63. The van der Waals surface area contributed by atoms with E-state index in [1.54, 1.807) is 24.3 Å². The Hall–Kier alpha value is -3.44. The number of aromatic nitrogens is 1. The van der Waals surface area contributed by atoms with Crippen molar-refractivity contribution in [2.75, 3.05) is 6.61 Å². The van der Waals surface area contributed by atoms with Crippen molar-refractivity contribution in [3.05, 3.63) is 35.0 Å². The molecular weight excluding hydrogens is 486 g/mol. The first-order valence-corrected chi connectivity index (χ1v) is 10.4. The third-order valence-electron chi connectivity index (χ3n) is 5.08. The van der Waals surface area contributed by atoms with Gasteiger partial charge in [0.25, 0.3) is 0 Å². The van der Waals surface area contributed by atoms with E-state index < -0.39 is 88.7 Å². The molecule has 1 aliphatic heterocycles. The van der Waals surface area contributed by atoms with Gasteiger partial charge in [-0.05, 0) is 6.07 Å². The first-order valence-electron chi connectivity index (χ1n) is 12.8. The van der Waals surface area contributed by atoms with Crippen LogP contribution >= 0.6 is 11.6 Å². The molecule has 1 saturated heterocycles. The summed E-state index contributed by atoms with van der Waals surface area (Å²) in [5, 5.41) is 0.239. The van der Waals surface area contributed by atoms with E-state index in [0.717, 1.165) is 0 Å². The maximum absolute atomic E-state index is 12.3. The van der Waals surface area contributed by atoms with Crippen LogP contribution in [-0.4, -0.2) is 65.8 Å². The van der Waals surface area contributed by atoms with Gasteiger partial charge in [-0.15, -0.1) is 0 Å². The van der Waals surface area contributed by atoms with Gasteiger partial charge in [0, 0.05) is 38.5 Å². The van der Waals surface area contributed by atoms with Crippen LogP contribution in [0.5, 0.6) is 0 Å². The number of benzene rings is 1. The average Bonchev–Trinajstić information content (AvgIpc) is 3.23. The SMILES string of the molecule is [2H]CC(=O)OC[C@H]1OC(n2c(Cl)c(C=O)c3ccccc32)[C@H](OC(=O)C[2H])[C@@H](OC(=O)C[2H])[C@@H]1OC(=O)C[2H]. The fourth-order valence-corrected chi connectivity index (χ4v) is 4.22. The molecule has 0 bridgehead atoms. The minimum Gasteiger partial charge on any atom is -0.463 e. The van der Waals surface area contributed by atoms with Gasteiger partial charge >= 0.3 is 23.9 Å². The number of nitrogens with zero attached hydrogens (tertiary/aromatic N) is 1. The normalized spacial score (nSPS) is 25.3. The van der Waals surface area contributed by atoms with Crippen LogP contribution in [0.2, 0.25) is 5.15 Å². The van der Waals surface area contributed by atoms with Gasteiger partial charge in [0.2, 0.25) is 0 Å². The van der Waals surface area contributed by atoms with Crippen LogP contribution < -0.4 is 0 Å². The minimum atomic E-state index is -1.69. The van der Waals surface area contributed by atoms with E-state index in [-0.39, 0.29) is 10.7 Å². The summed E-state index contributed by atoms with van der Waals surface area (Å²) in [5.74, 6) is -4.26. The van der Waals surface area contributed by atoms with Crippen LogP contribution in [0.25, 0.3) is 10.9 Å². The van der Waals surface area contributed by atoms with E-state index in [9.17, 15) is 24.0 Å². The summed E-state index contributed by atoms with van der Waals surface area (Å²) in [4.78, 5) is 60.4. The number of para-hydroxylation sites is 1. The molecule has 0 radical (unpaired) electrons. The Balaban J connectivity index is 2.23. The van der Waals surface area contributed by atoms with E-state index in [2.05, 4.69) is 0 Å². The van der Waals surface area contributed by atoms with Crippen molar-refractivity contribution in [2.45, 2.75) is 58.2 Å². The van der Waals surface area contributed by atoms with E-state index >= 15 is 0 Å². The number of aldehydes is 1. The lowest BCUT2D eigenvalue weighted by Crippen LogP contribution is -2.60. The Morgan fingerprint density at radius 2 is 1.57 bits per heavy atom. The average molecular weight is 514 g/mol. The Kier molecular flexibility index (Phi) is 6.49. The zero-order chi connectivity index (χ0) is 28.7. The number of halogens is 1. The summed E-state index contributed by atoms with van der Waals surface area (Å²) in [6, 6.07) is 6.45. The van der Waals surface area contributed by atoms with Crippen molar-refractivity contribution in [3.63, 3.8) is 0 Å². The molecule has 1 aromatic carbocycles. The lowest BCUT2D eigenvalue weighted by atomic mass is 9.97. The second kappa shape index (κ2) is 10.9. The third-order valence-corrected chi connectivity index (χ3v) is 5.47. The molecule has 1 aromatic heterocycles. The highest BCUT2D eigenvalue weighted by Crippen LogP contribution is 2.40. The second-order valence-corrected chi connectivity index (χ2v) is 7.68. The highest BCUT2D eigenvalue weighted by Gasteiger charge is 2.53. The predicted octanol–water partition coefficient (Wildman–Crippen LogP) is 2.36. The van der Waals surface area contributed by atoms with Gasteiger partial charge in [0.05, 0.1) is 11.1 Å². The van der Waals surface area contributed by atoms with Crippen molar-refractivity contribution in [1.29, 1.82) is 0 Å². The Morgan fingerprint density at radius 1 is 0.971 bits per heavy atom. The van der Waals surface area contributed by atoms with E-state index in [4.69, 9.17) is 40.8 Å². The Bertz CT molecular complexity index is 1240. The zero-order valence-corrected chi connectivity index (χ0v) is 19.0. The Morgan fingerprint density at radius 3 is 2.20 bits per heavy atom. The standard InChI is InChI=1S/C23H24ClNO10/c1-11(27)31-10-18-19(32-12(2)28)20(33-13(3)29)21(34-14(4)30)23(35-18)25-17-8-6-5-7-15(17)16(9-26)22(25)24/h5-9,18-21,23H,10H2,1-4H3/t18-,19-,20+,21-,23?/m1/s1/i1D,2D,3D,4D. The van der Waals surface area contributed by atoms with Gasteiger partial charge in [0.15, 0.2) is 30.8 Å². The molecular formula is C23H24ClNO10. The molecule has 0 N–H and O–H groups in total. The molecule has 1 fully saturated rings. The molecule has 1 aliphatic rings. The molecule has 35 heavy (non-hydrogen) atoms. The predicted molar refractivity (Wildman–Crippen MR) is 120 cm³/mol. The van der Waals surface area contributed by atoms with Crippen LogP contribution in [-0.2, 0) is 42.9 Å². The highest BCUT2D eigenvalue weighted by atomic mass is 35.5. The molecule has 2 heterocycles. The zero-order valence-electron chi connectivity index (χ0n) is 22.2. The molecule has 0 amide bonds. The molecule has 11 nitrogen and oxygen atoms in total. The van der Waals surface area contributed by atoms with E-state index in [1.807, 2.05) is 0 Å². The van der Waals surface area contributed by atoms with Gasteiger partial charge in [-0.3, -0.25) is 24.0 Å². The van der Waals surface area contributed by atoms with Crippen LogP contribution in [0.15, 0.2) is 24.3 Å². The highest BCUT2D eigenvalue weighted by molar-refractivity contribution is 6.34. The lowest BCUT2D eigenvalue weighted by molar-refractivity contribution is -0.267. The monoisotopic (exact) mass is 513 g/mol. The van der Waals surface area contributed by atoms with Gasteiger partial charge in [-0.25, -0.2) is 0 Å². The summed E-state index contributed by atoms with van der Waals surface area (Å²) in [6.07, 6.45) is -7.39. The van der Waals surface area contributed by atoms with Gasteiger partial charge in [-0.2, -0.15) is 0 Å². The van der Waals surface area contributed by atoms with E-state index in [1.165, 1.54) is 4.57 Å². The number of fused-ring (bicyclic) bond motifs is 1. The first kappa shape index (κ1) is 20.9. The molecule has 12 heteroatoms. The number of ether oxygens (including phenoxy) is 5. The topological polar surface area (TPSA) is 136 Å². The molecule has 2 aromatic rings. The smallest absolute Gasteiger partial charge is 0.303 e. The summed E-state index contributed by atoms with van der Waals surface area (Å²) < 4.78 is 57.7.